The van der Waals surface area contributed by atoms with Crippen molar-refractivity contribution in [1.29, 1.82) is 0 Å². The lowest BCUT2D eigenvalue weighted by Gasteiger charge is -2.30. The first-order valence-electron chi connectivity index (χ1n) is 12.1. The van der Waals surface area contributed by atoms with Crippen LogP contribution in [0.25, 0.3) is 22.4 Å². The maximum atomic E-state index is 13.8. The number of para-hydroxylation sites is 1. The maximum absolute atomic E-state index is 13.8. The molecule has 0 radical (unpaired) electrons. The Morgan fingerprint density at radius 2 is 2.09 bits per heavy atom. The first kappa shape index (κ1) is 23.1. The molecule has 3 heterocycles. The predicted molar refractivity (Wildman–Crippen MR) is 135 cm³/mol. The number of nitrogens with one attached hydrogen (secondary N) is 2. The number of carbonyl (C=O) groups is 2. The largest absolute Gasteiger partial charge is 0.465 e. The zero-order valence-corrected chi connectivity index (χ0v) is 20.6. The summed E-state index contributed by atoms with van der Waals surface area (Å²) in [5.41, 5.74) is 4.22. The second kappa shape index (κ2) is 8.55. The van der Waals surface area contributed by atoms with E-state index in [1.165, 1.54) is 0 Å². The van der Waals surface area contributed by atoms with Crippen molar-refractivity contribution < 1.29 is 14.7 Å². The zero-order valence-electron chi connectivity index (χ0n) is 20.6. The second-order valence-electron chi connectivity index (χ2n) is 10.3. The van der Waals surface area contributed by atoms with Crippen molar-refractivity contribution in [3.63, 3.8) is 0 Å². The van der Waals surface area contributed by atoms with Gasteiger partial charge in [0.25, 0.3) is 5.91 Å². The molecule has 35 heavy (non-hydrogen) atoms. The standard InChI is InChI=1S/C26H32N6O3/c1-15-6-5-7-20-21(15)29-23(28-20)18-12-27-13-19(24(33)31(4)16(2)17-8-9-17)22(18)32-11-10-26(3,14-32)30-25(34)35/h5-7,12-13,16-17,30H,8-11,14H2,1-4H3,(H,28,29)(H,34,35)/t16?,26-/m0/s1. The number of nitrogens with zero attached hydrogens (tertiary/aromatic N) is 4. The summed E-state index contributed by atoms with van der Waals surface area (Å²) in [6.07, 6.45) is 5.24. The highest BCUT2D eigenvalue weighted by Gasteiger charge is 2.39. The Bertz CT molecular complexity index is 1300. The Labute approximate surface area is 204 Å². The zero-order chi connectivity index (χ0) is 24.9. The highest BCUT2D eigenvalue weighted by atomic mass is 16.4. The quantitative estimate of drug-likeness (QED) is 0.495. The lowest BCUT2D eigenvalue weighted by molar-refractivity contribution is 0.0727. The van der Waals surface area contributed by atoms with E-state index >= 15 is 0 Å². The van der Waals surface area contributed by atoms with Gasteiger partial charge in [0, 0.05) is 38.6 Å². The lowest BCUT2D eigenvalue weighted by Crippen LogP contribution is -2.47. The summed E-state index contributed by atoms with van der Waals surface area (Å²) in [6.45, 7) is 7.06. The van der Waals surface area contributed by atoms with Crippen LogP contribution in [-0.4, -0.2) is 68.7 Å². The molecule has 1 aromatic carbocycles. The van der Waals surface area contributed by atoms with Gasteiger partial charge >= 0.3 is 6.09 Å². The molecule has 3 aromatic rings. The van der Waals surface area contributed by atoms with Gasteiger partial charge in [-0.05, 0) is 57.6 Å². The Balaban J connectivity index is 1.61. The van der Waals surface area contributed by atoms with Gasteiger partial charge in [0.2, 0.25) is 0 Å². The third-order valence-electron chi connectivity index (χ3n) is 7.55. The lowest BCUT2D eigenvalue weighted by atomic mass is 10.0. The van der Waals surface area contributed by atoms with Crippen molar-refractivity contribution >= 4 is 28.7 Å². The number of hydrogen-bond donors (Lipinski definition) is 3. The molecule has 2 amide bonds. The molecule has 1 unspecified atom stereocenters. The third kappa shape index (κ3) is 4.31. The van der Waals surface area contributed by atoms with Crippen molar-refractivity contribution in [3.8, 4) is 11.4 Å². The van der Waals surface area contributed by atoms with Crippen molar-refractivity contribution in [2.75, 3.05) is 25.0 Å². The number of anilines is 1. The SMILES string of the molecule is Cc1cccc2[nH]c(-c3cncc(C(=O)N(C)C(C)C4CC4)c3N3CC[C@](C)(NC(=O)O)C3)nc12. The fraction of sp³-hybridized carbons (Fsp3) is 0.462. The summed E-state index contributed by atoms with van der Waals surface area (Å²) >= 11 is 0. The van der Waals surface area contributed by atoms with E-state index in [1.54, 1.807) is 12.4 Å². The second-order valence-corrected chi connectivity index (χ2v) is 10.3. The minimum absolute atomic E-state index is 0.0826. The molecule has 5 rings (SSSR count). The number of rotatable bonds is 6. The molecule has 1 aliphatic carbocycles. The molecular weight excluding hydrogens is 444 g/mol. The van der Waals surface area contributed by atoms with Crippen LogP contribution in [0.4, 0.5) is 10.5 Å². The Morgan fingerprint density at radius 1 is 1.31 bits per heavy atom. The van der Waals surface area contributed by atoms with Gasteiger partial charge in [-0.25, -0.2) is 9.78 Å². The maximum Gasteiger partial charge on any atom is 0.405 e. The van der Waals surface area contributed by atoms with Crippen LogP contribution >= 0.6 is 0 Å². The number of aryl methyl sites for hydroxylation is 1. The fourth-order valence-electron chi connectivity index (χ4n) is 5.21. The molecule has 0 spiro atoms. The molecule has 2 atom stereocenters. The number of amides is 2. The highest BCUT2D eigenvalue weighted by molar-refractivity contribution is 6.03. The number of aromatic amines is 1. The summed E-state index contributed by atoms with van der Waals surface area (Å²) in [5, 5.41) is 12.0. The van der Waals surface area contributed by atoms with Crippen molar-refractivity contribution in [2.24, 2.45) is 5.92 Å². The van der Waals surface area contributed by atoms with E-state index < -0.39 is 11.6 Å². The average molecular weight is 477 g/mol. The van der Waals surface area contributed by atoms with Crippen molar-refractivity contribution in [3.05, 3.63) is 41.7 Å². The summed E-state index contributed by atoms with van der Waals surface area (Å²) in [7, 11) is 1.85. The third-order valence-corrected chi connectivity index (χ3v) is 7.55. The van der Waals surface area contributed by atoms with Gasteiger partial charge in [0.1, 0.15) is 5.82 Å². The van der Waals surface area contributed by atoms with Crippen LogP contribution in [0.2, 0.25) is 0 Å². The van der Waals surface area contributed by atoms with Crippen LogP contribution in [0.5, 0.6) is 0 Å². The smallest absolute Gasteiger partial charge is 0.405 e. The molecule has 2 aliphatic rings. The molecule has 0 bridgehead atoms. The number of pyridine rings is 1. The molecule has 9 nitrogen and oxygen atoms in total. The van der Waals surface area contributed by atoms with Crippen LogP contribution in [0.3, 0.4) is 0 Å². The van der Waals surface area contributed by atoms with E-state index in [-0.39, 0.29) is 11.9 Å². The van der Waals surface area contributed by atoms with E-state index in [9.17, 15) is 14.7 Å². The number of carboxylic acid groups (broad SMARTS) is 1. The predicted octanol–water partition coefficient (Wildman–Crippen LogP) is 4.04. The van der Waals surface area contributed by atoms with Gasteiger partial charge < -0.3 is 25.2 Å². The van der Waals surface area contributed by atoms with E-state index in [1.807, 2.05) is 44.0 Å². The Morgan fingerprint density at radius 3 is 2.77 bits per heavy atom. The molecule has 9 heteroatoms. The first-order chi connectivity index (χ1) is 16.7. The summed E-state index contributed by atoms with van der Waals surface area (Å²) in [4.78, 5) is 41.8. The molecule has 2 aromatic heterocycles. The van der Waals surface area contributed by atoms with Gasteiger partial charge in [0.15, 0.2) is 0 Å². The molecule has 1 saturated heterocycles. The summed E-state index contributed by atoms with van der Waals surface area (Å²) in [6, 6.07) is 6.13. The topological polar surface area (TPSA) is 114 Å². The number of fused-ring (bicyclic) bond motifs is 1. The Kier molecular flexibility index (Phi) is 5.65. The average Bonchev–Trinajstić information content (AvgIpc) is 3.46. The summed E-state index contributed by atoms with van der Waals surface area (Å²) < 4.78 is 0. The van der Waals surface area contributed by atoms with Gasteiger partial charge in [-0.2, -0.15) is 0 Å². The number of hydrogen-bond acceptors (Lipinski definition) is 5. The van der Waals surface area contributed by atoms with E-state index in [2.05, 4.69) is 27.1 Å². The first-order valence-corrected chi connectivity index (χ1v) is 12.1. The van der Waals surface area contributed by atoms with Crippen LogP contribution in [0, 0.1) is 12.8 Å². The van der Waals surface area contributed by atoms with Gasteiger partial charge in [-0.1, -0.05) is 12.1 Å². The monoisotopic (exact) mass is 476 g/mol. The number of imidazole rings is 1. The number of carbonyl (C=O) groups excluding carboxylic acids is 1. The van der Waals surface area contributed by atoms with Crippen LogP contribution in [0.15, 0.2) is 30.6 Å². The normalized spacial score (nSPS) is 20.7. The van der Waals surface area contributed by atoms with E-state index in [0.29, 0.717) is 36.8 Å². The highest BCUT2D eigenvalue weighted by Crippen LogP contribution is 2.39. The Hall–Kier alpha value is -3.62. The summed E-state index contributed by atoms with van der Waals surface area (Å²) in [5.74, 6) is 1.10. The molecule has 1 saturated carbocycles. The molecular formula is C26H32N6O3. The van der Waals surface area contributed by atoms with Crippen LogP contribution in [0.1, 0.15) is 49.0 Å². The molecule has 2 fully saturated rings. The van der Waals surface area contributed by atoms with E-state index in [0.717, 1.165) is 40.7 Å². The van der Waals surface area contributed by atoms with Crippen molar-refractivity contribution in [2.45, 2.75) is 51.6 Å². The van der Waals surface area contributed by atoms with Gasteiger partial charge in [-0.15, -0.1) is 0 Å². The van der Waals surface area contributed by atoms with Crippen molar-refractivity contribution in [1.82, 2.24) is 25.2 Å². The van der Waals surface area contributed by atoms with Gasteiger partial charge in [-0.3, -0.25) is 9.78 Å². The number of H-pyrrole nitrogens is 1. The van der Waals surface area contributed by atoms with E-state index in [4.69, 9.17) is 4.98 Å². The van der Waals surface area contributed by atoms with Crippen LogP contribution in [-0.2, 0) is 0 Å². The molecule has 1 aliphatic heterocycles. The van der Waals surface area contributed by atoms with Crippen LogP contribution < -0.4 is 10.2 Å². The molecule has 3 N–H and O–H groups in total. The fourth-order valence-corrected chi connectivity index (χ4v) is 5.21. The number of benzene rings is 1. The van der Waals surface area contributed by atoms with Gasteiger partial charge in [0.05, 0.1) is 33.4 Å². The number of aromatic nitrogens is 3. The minimum Gasteiger partial charge on any atom is -0.465 e. The molecule has 184 valence electrons. The minimum atomic E-state index is -1.05.